The molecule has 0 unspecified atom stereocenters. The Morgan fingerprint density at radius 3 is 2.94 bits per heavy atom. The minimum absolute atomic E-state index is 0.0970. The van der Waals surface area contributed by atoms with Crippen LogP contribution in [-0.2, 0) is 36.0 Å². The summed E-state index contributed by atoms with van der Waals surface area (Å²) in [6, 6.07) is 0.243. The number of nitrogens with zero attached hydrogens (tertiary/aromatic N) is 6. The van der Waals surface area contributed by atoms with E-state index in [2.05, 4.69) is 39.7 Å². The number of hydrogen-bond donors (Lipinski definition) is 0. The maximum Gasteiger partial charge on any atom is 0.219 e. The van der Waals surface area contributed by atoms with Gasteiger partial charge in [0, 0.05) is 69.0 Å². The summed E-state index contributed by atoms with van der Waals surface area (Å²) < 4.78 is 9.66. The quantitative estimate of drug-likeness (QED) is 0.642. The normalized spacial score (nSPS) is 22.6. The molecule has 0 aromatic carbocycles. The Bertz CT molecular complexity index is 1190. The minimum Gasteiger partial charge on any atom is -0.379 e. The van der Waals surface area contributed by atoms with Gasteiger partial charge in [-0.25, -0.2) is 0 Å². The van der Waals surface area contributed by atoms with Gasteiger partial charge in [-0.1, -0.05) is 18.9 Å². The molecule has 2 aromatic heterocycles. The number of aromatic nitrogens is 4. The monoisotopic (exact) mass is 460 g/mol. The molecule has 5 rings (SSSR count). The Morgan fingerprint density at radius 2 is 2.26 bits per heavy atom. The van der Waals surface area contributed by atoms with Gasteiger partial charge in [0.15, 0.2) is 5.82 Å². The highest BCUT2D eigenvalue weighted by Gasteiger charge is 2.36. The molecule has 0 aliphatic carbocycles. The maximum atomic E-state index is 12.2. The number of anilines is 1. The lowest BCUT2D eigenvalue weighted by Gasteiger charge is -2.28. The van der Waals surface area contributed by atoms with Crippen LogP contribution in [0.2, 0.25) is 0 Å². The Kier molecular flexibility index (Phi) is 6.05. The van der Waals surface area contributed by atoms with Gasteiger partial charge in [-0.05, 0) is 24.5 Å². The van der Waals surface area contributed by atoms with Crippen molar-refractivity contribution < 1.29 is 9.53 Å². The second-order valence-corrected chi connectivity index (χ2v) is 9.49. The van der Waals surface area contributed by atoms with Crippen molar-refractivity contribution >= 4 is 11.7 Å². The van der Waals surface area contributed by atoms with Gasteiger partial charge in [0.25, 0.3) is 0 Å². The molecule has 0 N–H and O–H groups in total. The molecule has 3 aliphatic heterocycles. The number of carbonyl (C=O) groups is 1. The van der Waals surface area contributed by atoms with Crippen molar-refractivity contribution in [2.45, 2.75) is 45.7 Å². The lowest BCUT2D eigenvalue weighted by molar-refractivity contribution is -0.129. The zero-order chi connectivity index (χ0) is 23.8. The third-order valence-corrected chi connectivity index (χ3v) is 7.08. The summed E-state index contributed by atoms with van der Waals surface area (Å²) in [6.45, 7) is 7.33. The fourth-order valence-electron chi connectivity index (χ4n) is 5.27. The average Bonchev–Trinajstić information content (AvgIpc) is 3.60. The molecule has 34 heavy (non-hydrogen) atoms. The zero-order valence-electron chi connectivity index (χ0n) is 20.2. The van der Waals surface area contributed by atoms with Crippen LogP contribution < -0.4 is 4.90 Å². The first-order valence-electron chi connectivity index (χ1n) is 12.0. The van der Waals surface area contributed by atoms with E-state index in [1.165, 1.54) is 5.69 Å². The molecule has 3 aliphatic rings. The first-order valence-corrected chi connectivity index (χ1v) is 12.0. The standard InChI is InChI=1S/C26H32N6O2/c1-5-22-18(2)14-31(24(22)8-6-7-20-13-27-29(4)15-20)26-23-16-30(19(3)33)11-9-25(23)32(28-26)21-10-12-34-17-21/h1,6,8,13,15,18,21H,7,9-12,14,16-17H2,2-4H3/b8-6-/t18-,21+/m1/s1. The van der Waals surface area contributed by atoms with Gasteiger partial charge in [-0.2, -0.15) is 10.2 Å². The van der Waals surface area contributed by atoms with E-state index in [4.69, 9.17) is 16.3 Å². The largest absolute Gasteiger partial charge is 0.379 e. The van der Waals surface area contributed by atoms with Crippen molar-refractivity contribution in [1.82, 2.24) is 24.5 Å². The molecule has 0 radical (unpaired) electrons. The number of carbonyl (C=O) groups excluding carboxylic acids is 1. The second kappa shape index (κ2) is 9.15. The molecule has 8 nitrogen and oxygen atoms in total. The van der Waals surface area contributed by atoms with Crippen molar-refractivity contribution in [2.24, 2.45) is 13.0 Å². The lowest BCUT2D eigenvalue weighted by atomic mass is 10.0. The van der Waals surface area contributed by atoms with Crippen LogP contribution in [0.3, 0.4) is 0 Å². The van der Waals surface area contributed by atoms with Crippen molar-refractivity contribution in [3.8, 4) is 12.3 Å². The highest BCUT2D eigenvalue weighted by molar-refractivity contribution is 5.74. The topological polar surface area (TPSA) is 68.4 Å². The smallest absolute Gasteiger partial charge is 0.219 e. The number of hydrogen-bond acceptors (Lipinski definition) is 5. The van der Waals surface area contributed by atoms with E-state index in [1.54, 1.807) is 6.92 Å². The Hall–Kier alpha value is -3.31. The fourth-order valence-corrected chi connectivity index (χ4v) is 5.27. The van der Waals surface area contributed by atoms with Crippen LogP contribution >= 0.6 is 0 Å². The molecule has 1 saturated heterocycles. The van der Waals surface area contributed by atoms with Crippen molar-refractivity contribution in [1.29, 1.82) is 0 Å². The van der Waals surface area contributed by atoms with Crippen LogP contribution in [0.15, 0.2) is 35.8 Å². The Labute approximate surface area is 200 Å². The first-order chi connectivity index (χ1) is 16.5. The van der Waals surface area contributed by atoms with E-state index >= 15 is 0 Å². The summed E-state index contributed by atoms with van der Waals surface area (Å²) in [5.41, 5.74) is 5.53. The van der Waals surface area contributed by atoms with Gasteiger partial charge < -0.3 is 14.5 Å². The van der Waals surface area contributed by atoms with Crippen LogP contribution in [-0.4, -0.2) is 56.7 Å². The molecule has 0 spiro atoms. The van der Waals surface area contributed by atoms with Crippen molar-refractivity contribution in [3.05, 3.63) is 52.6 Å². The van der Waals surface area contributed by atoms with Crippen LogP contribution in [0.4, 0.5) is 5.82 Å². The van der Waals surface area contributed by atoms with E-state index in [1.807, 2.05) is 29.0 Å². The SMILES string of the molecule is C#CC1=C(/C=C\Cc2cnn(C)c2)N(c2nn([C@H]3CCOC3)c3c2CN(C(C)=O)CC3)C[C@H]1C. The Morgan fingerprint density at radius 1 is 1.41 bits per heavy atom. The van der Waals surface area contributed by atoms with E-state index in [0.717, 1.165) is 67.2 Å². The minimum atomic E-state index is 0.0970. The molecule has 8 heteroatoms. The Balaban J connectivity index is 1.52. The molecule has 5 heterocycles. The molecular formula is C26H32N6O2. The molecule has 2 atom stereocenters. The number of terminal acetylenes is 1. The average molecular weight is 461 g/mol. The summed E-state index contributed by atoms with van der Waals surface area (Å²) in [4.78, 5) is 16.4. The first kappa shape index (κ1) is 22.5. The highest BCUT2D eigenvalue weighted by atomic mass is 16.5. The second-order valence-electron chi connectivity index (χ2n) is 9.49. The van der Waals surface area contributed by atoms with Gasteiger partial charge in [-0.3, -0.25) is 14.2 Å². The van der Waals surface area contributed by atoms with E-state index in [9.17, 15) is 4.79 Å². The molecule has 1 fully saturated rings. The van der Waals surface area contributed by atoms with Gasteiger partial charge in [0.1, 0.15) is 0 Å². The molecule has 0 bridgehead atoms. The van der Waals surface area contributed by atoms with Crippen LogP contribution in [0.25, 0.3) is 0 Å². The summed E-state index contributed by atoms with van der Waals surface area (Å²) in [7, 11) is 1.92. The van der Waals surface area contributed by atoms with E-state index < -0.39 is 0 Å². The highest BCUT2D eigenvalue weighted by Crippen LogP contribution is 2.39. The number of amides is 1. The van der Waals surface area contributed by atoms with Gasteiger partial charge in [-0.15, -0.1) is 6.42 Å². The number of rotatable bonds is 5. The van der Waals surface area contributed by atoms with E-state index in [0.29, 0.717) is 13.2 Å². The molecule has 178 valence electrons. The molecule has 1 amide bonds. The zero-order valence-corrected chi connectivity index (χ0v) is 20.2. The predicted octanol–water partition coefficient (Wildman–Crippen LogP) is 2.62. The molecular weight excluding hydrogens is 428 g/mol. The van der Waals surface area contributed by atoms with E-state index in [-0.39, 0.29) is 17.9 Å². The van der Waals surface area contributed by atoms with Crippen LogP contribution in [0.1, 0.15) is 43.1 Å². The lowest BCUT2D eigenvalue weighted by Crippen LogP contribution is -2.35. The number of fused-ring (bicyclic) bond motifs is 1. The predicted molar refractivity (Wildman–Crippen MR) is 130 cm³/mol. The third kappa shape index (κ3) is 4.05. The fraction of sp³-hybridized carbons (Fsp3) is 0.500. The number of ether oxygens (including phenoxy) is 1. The summed E-state index contributed by atoms with van der Waals surface area (Å²) in [6.07, 6.45) is 16.7. The summed E-state index contributed by atoms with van der Waals surface area (Å²) in [5.74, 6) is 4.18. The van der Waals surface area contributed by atoms with Gasteiger partial charge >= 0.3 is 0 Å². The maximum absolute atomic E-state index is 12.2. The molecule has 0 saturated carbocycles. The molecule has 2 aromatic rings. The van der Waals surface area contributed by atoms with Crippen molar-refractivity contribution in [3.63, 3.8) is 0 Å². The van der Waals surface area contributed by atoms with Gasteiger partial charge in [0.2, 0.25) is 5.91 Å². The summed E-state index contributed by atoms with van der Waals surface area (Å²) >= 11 is 0. The van der Waals surface area contributed by atoms with Crippen LogP contribution in [0.5, 0.6) is 0 Å². The number of aryl methyl sites for hydroxylation is 1. The van der Waals surface area contributed by atoms with Crippen LogP contribution in [0, 0.1) is 18.3 Å². The number of allylic oxidation sites excluding steroid dienone is 2. The third-order valence-electron chi connectivity index (χ3n) is 7.08. The summed E-state index contributed by atoms with van der Waals surface area (Å²) in [5, 5.41) is 9.40. The van der Waals surface area contributed by atoms with Crippen molar-refractivity contribution in [2.75, 3.05) is 31.2 Å². The van der Waals surface area contributed by atoms with Gasteiger partial charge in [0.05, 0.1) is 31.1 Å².